The maximum absolute atomic E-state index is 12.8. The van der Waals surface area contributed by atoms with Gasteiger partial charge in [0.05, 0.1) is 5.69 Å². The number of ether oxygens (including phenoxy) is 1. The Hall–Kier alpha value is -3.68. The molecule has 4 rings (SSSR count). The lowest BCUT2D eigenvalue weighted by molar-refractivity contribution is 0.0540. The lowest BCUT2D eigenvalue weighted by Crippen LogP contribution is -2.42. The third kappa shape index (κ3) is 7.66. The van der Waals surface area contributed by atoms with Crippen LogP contribution in [0.3, 0.4) is 0 Å². The number of carbonyl (C=O) groups is 2. The molecular weight excluding hydrogens is 476 g/mol. The highest BCUT2D eigenvalue weighted by Crippen LogP contribution is 2.28. The summed E-state index contributed by atoms with van der Waals surface area (Å²) in [4.78, 5) is 31.7. The first kappa shape index (κ1) is 27.4. The Balaban J connectivity index is 1.20. The van der Waals surface area contributed by atoms with Crippen LogP contribution in [0.25, 0.3) is 11.1 Å². The zero-order valence-corrected chi connectivity index (χ0v) is 22.6. The average molecular weight is 515 g/mol. The Labute approximate surface area is 226 Å². The van der Waals surface area contributed by atoms with E-state index in [0.29, 0.717) is 12.1 Å². The molecular formula is C31H38N4O3. The number of carbonyl (C=O) groups excluding carboxylic acids is 2. The first-order valence-electron chi connectivity index (χ1n) is 13.2. The zero-order chi connectivity index (χ0) is 26.9. The van der Waals surface area contributed by atoms with Crippen molar-refractivity contribution in [3.05, 3.63) is 90.0 Å². The Kier molecular flexibility index (Phi) is 9.51. The van der Waals surface area contributed by atoms with Gasteiger partial charge in [0.2, 0.25) is 0 Å². The van der Waals surface area contributed by atoms with E-state index in [1.54, 1.807) is 4.90 Å². The van der Waals surface area contributed by atoms with Crippen LogP contribution in [0.2, 0.25) is 0 Å². The molecule has 200 valence electrons. The minimum absolute atomic E-state index is 0.0343. The summed E-state index contributed by atoms with van der Waals surface area (Å²) in [5.74, 6) is 0.0343. The molecule has 38 heavy (non-hydrogen) atoms. The smallest absolute Gasteiger partial charge is 0.411 e. The highest BCUT2D eigenvalue weighted by Gasteiger charge is 2.23. The van der Waals surface area contributed by atoms with Gasteiger partial charge in [-0.25, -0.2) is 4.79 Å². The minimum Gasteiger partial charge on any atom is -0.446 e. The number of para-hydroxylation sites is 1. The van der Waals surface area contributed by atoms with Gasteiger partial charge in [-0.2, -0.15) is 0 Å². The van der Waals surface area contributed by atoms with E-state index in [1.165, 1.54) is 5.56 Å². The van der Waals surface area contributed by atoms with Crippen LogP contribution in [-0.4, -0.2) is 80.1 Å². The summed E-state index contributed by atoms with van der Waals surface area (Å²) >= 11 is 0. The molecule has 0 atom stereocenters. The van der Waals surface area contributed by atoms with Crippen LogP contribution in [-0.2, 0) is 11.3 Å². The van der Waals surface area contributed by atoms with Gasteiger partial charge in [-0.15, -0.1) is 0 Å². The van der Waals surface area contributed by atoms with Crippen molar-refractivity contribution in [1.29, 1.82) is 0 Å². The van der Waals surface area contributed by atoms with Gasteiger partial charge in [-0.3, -0.25) is 10.1 Å². The van der Waals surface area contributed by atoms with Crippen molar-refractivity contribution in [1.82, 2.24) is 14.7 Å². The predicted octanol–water partition coefficient (Wildman–Crippen LogP) is 5.20. The molecule has 3 aromatic rings. The number of hydrogen-bond donors (Lipinski definition) is 1. The number of nitrogens with zero attached hydrogens (tertiary/aromatic N) is 3. The number of anilines is 1. The molecule has 3 aromatic carbocycles. The second kappa shape index (κ2) is 13.2. The van der Waals surface area contributed by atoms with Gasteiger partial charge in [0.25, 0.3) is 5.91 Å². The number of likely N-dealkylation sites (N-methyl/N-ethyl adjacent to an activating group) is 1. The van der Waals surface area contributed by atoms with E-state index < -0.39 is 6.09 Å². The van der Waals surface area contributed by atoms with Crippen molar-refractivity contribution < 1.29 is 14.3 Å². The minimum atomic E-state index is -0.422. The Bertz CT molecular complexity index is 1190. The molecule has 0 aromatic heterocycles. The molecule has 0 spiro atoms. The van der Waals surface area contributed by atoms with E-state index >= 15 is 0 Å². The van der Waals surface area contributed by atoms with Crippen LogP contribution in [0, 0.1) is 0 Å². The fourth-order valence-electron chi connectivity index (χ4n) is 4.73. The summed E-state index contributed by atoms with van der Waals surface area (Å²) in [5, 5.41) is 2.93. The van der Waals surface area contributed by atoms with Gasteiger partial charge in [0.1, 0.15) is 6.10 Å². The van der Waals surface area contributed by atoms with E-state index in [1.807, 2.05) is 100 Å². The van der Waals surface area contributed by atoms with Crippen molar-refractivity contribution in [3.63, 3.8) is 0 Å². The number of benzene rings is 3. The molecule has 0 bridgehead atoms. The monoisotopic (exact) mass is 514 g/mol. The first-order chi connectivity index (χ1) is 18.4. The van der Waals surface area contributed by atoms with Gasteiger partial charge in [-0.1, -0.05) is 60.7 Å². The Morgan fingerprint density at radius 1 is 0.895 bits per heavy atom. The van der Waals surface area contributed by atoms with E-state index in [4.69, 9.17) is 4.74 Å². The number of rotatable bonds is 9. The highest BCUT2D eigenvalue weighted by atomic mass is 16.6. The van der Waals surface area contributed by atoms with Crippen molar-refractivity contribution in [2.45, 2.75) is 25.5 Å². The molecule has 1 heterocycles. The van der Waals surface area contributed by atoms with E-state index in [-0.39, 0.29) is 12.0 Å². The zero-order valence-electron chi connectivity index (χ0n) is 22.6. The summed E-state index contributed by atoms with van der Waals surface area (Å²) in [6, 6.07) is 25.6. The first-order valence-corrected chi connectivity index (χ1v) is 13.2. The number of nitrogens with one attached hydrogen (secondary N) is 1. The van der Waals surface area contributed by atoms with Gasteiger partial charge in [-0.05, 0) is 56.3 Å². The van der Waals surface area contributed by atoms with Crippen LogP contribution in [0.5, 0.6) is 0 Å². The molecule has 1 aliphatic heterocycles. The molecule has 1 N–H and O–H groups in total. The molecule has 7 heteroatoms. The summed E-state index contributed by atoms with van der Waals surface area (Å²) in [6.45, 7) is 3.97. The topological polar surface area (TPSA) is 65.1 Å². The summed E-state index contributed by atoms with van der Waals surface area (Å²) in [7, 11) is 5.91. The third-order valence-corrected chi connectivity index (χ3v) is 6.85. The van der Waals surface area contributed by atoms with Gasteiger partial charge < -0.3 is 19.4 Å². The van der Waals surface area contributed by atoms with Crippen LogP contribution in [0.1, 0.15) is 28.8 Å². The van der Waals surface area contributed by atoms with Crippen molar-refractivity contribution in [2.24, 2.45) is 0 Å². The fourth-order valence-corrected chi connectivity index (χ4v) is 4.73. The molecule has 0 aliphatic carbocycles. The van der Waals surface area contributed by atoms with Crippen LogP contribution in [0.4, 0.5) is 10.5 Å². The normalized spacial score (nSPS) is 14.3. The van der Waals surface area contributed by atoms with Crippen LogP contribution in [0.15, 0.2) is 78.9 Å². The van der Waals surface area contributed by atoms with E-state index in [2.05, 4.69) is 15.1 Å². The van der Waals surface area contributed by atoms with Gasteiger partial charge in [0.15, 0.2) is 0 Å². The molecule has 7 nitrogen and oxygen atoms in total. The predicted molar refractivity (Wildman–Crippen MR) is 152 cm³/mol. The molecule has 1 aliphatic rings. The number of hydrogen-bond acceptors (Lipinski definition) is 5. The van der Waals surface area contributed by atoms with Crippen molar-refractivity contribution in [2.75, 3.05) is 52.6 Å². The number of likely N-dealkylation sites (tertiary alicyclic amines) is 1. The second-order valence-corrected chi connectivity index (χ2v) is 10.1. The fraction of sp³-hybridized carbons (Fsp3) is 0.355. The summed E-state index contributed by atoms with van der Waals surface area (Å²) in [6.07, 6.45) is 1.02. The molecule has 0 unspecified atom stereocenters. The molecule has 0 saturated carbocycles. The second-order valence-electron chi connectivity index (χ2n) is 10.1. The molecule has 1 saturated heterocycles. The highest BCUT2D eigenvalue weighted by molar-refractivity contribution is 5.94. The lowest BCUT2D eigenvalue weighted by atomic mass is 10.0. The summed E-state index contributed by atoms with van der Waals surface area (Å²) in [5.41, 5.74) is 4.64. The molecule has 1 fully saturated rings. The van der Waals surface area contributed by atoms with Crippen LogP contribution >= 0.6 is 0 Å². The molecule has 0 radical (unpaired) electrons. The SMILES string of the molecule is CN(C)Cc1ccc(C(=O)N(C)CCN2CCC(OC(=O)Nc3ccccc3-c3ccccc3)CC2)cc1. The van der Waals surface area contributed by atoms with Gasteiger partial charge in [0, 0.05) is 50.9 Å². The summed E-state index contributed by atoms with van der Waals surface area (Å²) < 4.78 is 5.75. The standard InChI is InChI=1S/C31H38N4O3/c1-33(2)23-24-13-15-26(16-14-24)30(36)34(3)21-22-35-19-17-27(18-20-35)38-31(37)32-29-12-8-7-11-28(29)25-9-5-4-6-10-25/h4-16,27H,17-23H2,1-3H3,(H,32,37). The van der Waals surface area contributed by atoms with Crippen molar-refractivity contribution in [3.8, 4) is 11.1 Å². The number of piperidine rings is 1. The average Bonchev–Trinajstić information content (AvgIpc) is 2.93. The Morgan fingerprint density at radius 2 is 1.55 bits per heavy atom. The van der Waals surface area contributed by atoms with Crippen molar-refractivity contribution >= 4 is 17.7 Å². The third-order valence-electron chi connectivity index (χ3n) is 6.85. The largest absolute Gasteiger partial charge is 0.446 e. The maximum atomic E-state index is 12.8. The lowest BCUT2D eigenvalue weighted by Gasteiger charge is -2.32. The van der Waals surface area contributed by atoms with E-state index in [9.17, 15) is 9.59 Å². The maximum Gasteiger partial charge on any atom is 0.411 e. The molecule has 2 amide bonds. The Morgan fingerprint density at radius 3 is 2.24 bits per heavy atom. The van der Waals surface area contributed by atoms with Gasteiger partial charge >= 0.3 is 6.09 Å². The number of amides is 2. The quantitative estimate of drug-likeness (QED) is 0.425. The van der Waals surface area contributed by atoms with Crippen LogP contribution < -0.4 is 5.32 Å². The van der Waals surface area contributed by atoms with E-state index in [0.717, 1.165) is 55.8 Å².